The number of para-hydroxylation sites is 1. The van der Waals surface area contributed by atoms with Gasteiger partial charge in [0.2, 0.25) is 5.13 Å². The van der Waals surface area contributed by atoms with Crippen molar-refractivity contribution in [2.45, 2.75) is 39.7 Å². The number of hydrogen-bond acceptors (Lipinski definition) is 5. The first-order chi connectivity index (χ1) is 9.97. The van der Waals surface area contributed by atoms with Gasteiger partial charge in [0.05, 0.1) is 11.7 Å². The lowest BCUT2D eigenvalue weighted by Crippen LogP contribution is -2.15. The van der Waals surface area contributed by atoms with E-state index in [1.807, 2.05) is 39.8 Å². The number of nitrogens with zero attached hydrogens (tertiary/aromatic N) is 2. The molecule has 0 atom stereocenters. The summed E-state index contributed by atoms with van der Waals surface area (Å²) < 4.78 is 5.65. The zero-order chi connectivity index (χ0) is 15.4. The monoisotopic (exact) mass is 305 g/mol. The third-order valence-electron chi connectivity index (χ3n) is 2.65. The van der Waals surface area contributed by atoms with E-state index in [-0.39, 0.29) is 12.0 Å². The fourth-order valence-corrected chi connectivity index (χ4v) is 2.43. The van der Waals surface area contributed by atoms with E-state index in [1.165, 1.54) is 11.3 Å². The summed E-state index contributed by atoms with van der Waals surface area (Å²) in [6.45, 7) is 7.93. The first-order valence-corrected chi connectivity index (χ1v) is 7.69. The third-order valence-corrected chi connectivity index (χ3v) is 3.79. The second kappa shape index (κ2) is 6.67. The highest BCUT2D eigenvalue weighted by molar-refractivity contribution is 7.15. The Morgan fingerprint density at radius 2 is 1.90 bits per heavy atom. The van der Waals surface area contributed by atoms with Gasteiger partial charge in [-0.25, -0.2) is 0 Å². The van der Waals surface area contributed by atoms with Crippen molar-refractivity contribution >= 4 is 22.4 Å². The zero-order valence-electron chi connectivity index (χ0n) is 12.6. The highest BCUT2D eigenvalue weighted by atomic mass is 32.1. The maximum atomic E-state index is 12.3. The molecule has 0 radical (unpaired) electrons. The lowest BCUT2D eigenvalue weighted by Gasteiger charge is -2.13. The van der Waals surface area contributed by atoms with Crippen molar-refractivity contribution in [3.63, 3.8) is 0 Å². The Kier molecular flexibility index (Phi) is 4.90. The largest absolute Gasteiger partial charge is 0.490 e. The molecule has 6 heteroatoms. The van der Waals surface area contributed by atoms with E-state index in [4.69, 9.17) is 4.74 Å². The van der Waals surface area contributed by atoms with E-state index in [2.05, 4.69) is 15.5 Å². The summed E-state index contributed by atoms with van der Waals surface area (Å²) in [6, 6.07) is 7.17. The molecule has 1 aromatic carbocycles. The molecule has 21 heavy (non-hydrogen) atoms. The fourth-order valence-electron chi connectivity index (χ4n) is 1.69. The quantitative estimate of drug-likeness (QED) is 0.914. The van der Waals surface area contributed by atoms with Gasteiger partial charge in [0.25, 0.3) is 5.91 Å². The molecular formula is C15H19N3O2S. The van der Waals surface area contributed by atoms with Crippen LogP contribution in [-0.2, 0) is 0 Å². The van der Waals surface area contributed by atoms with Crippen molar-refractivity contribution in [3.05, 3.63) is 34.8 Å². The van der Waals surface area contributed by atoms with Crippen LogP contribution in [0.4, 0.5) is 5.13 Å². The highest BCUT2D eigenvalue weighted by Gasteiger charge is 2.16. The zero-order valence-corrected chi connectivity index (χ0v) is 13.4. The van der Waals surface area contributed by atoms with Crippen LogP contribution in [0, 0.1) is 0 Å². The van der Waals surface area contributed by atoms with Crippen LogP contribution in [0.5, 0.6) is 5.75 Å². The van der Waals surface area contributed by atoms with Crippen LogP contribution in [0.25, 0.3) is 0 Å². The summed E-state index contributed by atoms with van der Waals surface area (Å²) in [5.74, 6) is 0.626. The summed E-state index contributed by atoms with van der Waals surface area (Å²) in [6.07, 6.45) is 0.00743. The van der Waals surface area contributed by atoms with Crippen LogP contribution in [0.2, 0.25) is 0 Å². The lowest BCUT2D eigenvalue weighted by atomic mass is 10.2. The Morgan fingerprint density at radius 1 is 1.19 bits per heavy atom. The standard InChI is InChI=1S/C15H19N3O2S/c1-9(2)14-17-18-15(21-14)16-13(19)11-7-5-6-8-12(11)20-10(3)4/h5-10H,1-4H3,(H,16,18,19). The number of nitrogens with one attached hydrogen (secondary N) is 1. The molecule has 1 heterocycles. The van der Waals surface area contributed by atoms with Gasteiger partial charge in [-0.05, 0) is 26.0 Å². The van der Waals surface area contributed by atoms with Gasteiger partial charge in [-0.3, -0.25) is 10.1 Å². The van der Waals surface area contributed by atoms with E-state index < -0.39 is 0 Å². The molecule has 0 unspecified atom stereocenters. The van der Waals surface area contributed by atoms with Gasteiger partial charge in [0, 0.05) is 5.92 Å². The van der Waals surface area contributed by atoms with Gasteiger partial charge in [0.15, 0.2) is 0 Å². The average molecular weight is 305 g/mol. The van der Waals surface area contributed by atoms with Crippen molar-refractivity contribution < 1.29 is 9.53 Å². The molecule has 0 bridgehead atoms. The minimum absolute atomic E-state index is 0.00743. The molecule has 0 aliphatic heterocycles. The lowest BCUT2D eigenvalue weighted by molar-refractivity contribution is 0.102. The van der Waals surface area contributed by atoms with Crippen molar-refractivity contribution in [3.8, 4) is 5.75 Å². The molecule has 112 valence electrons. The predicted molar refractivity (Wildman–Crippen MR) is 84.2 cm³/mol. The molecule has 0 aliphatic rings. The number of aromatic nitrogens is 2. The maximum absolute atomic E-state index is 12.3. The highest BCUT2D eigenvalue weighted by Crippen LogP contribution is 2.25. The molecule has 5 nitrogen and oxygen atoms in total. The molecule has 0 saturated carbocycles. The van der Waals surface area contributed by atoms with Gasteiger partial charge in [0.1, 0.15) is 10.8 Å². The van der Waals surface area contributed by atoms with E-state index in [0.717, 1.165) is 5.01 Å². The normalized spacial score (nSPS) is 11.0. The smallest absolute Gasteiger partial charge is 0.261 e. The van der Waals surface area contributed by atoms with E-state index in [1.54, 1.807) is 12.1 Å². The number of rotatable bonds is 5. The fraction of sp³-hybridized carbons (Fsp3) is 0.400. The molecule has 2 rings (SSSR count). The van der Waals surface area contributed by atoms with Crippen molar-refractivity contribution in [2.24, 2.45) is 0 Å². The first-order valence-electron chi connectivity index (χ1n) is 6.87. The van der Waals surface area contributed by atoms with E-state index in [9.17, 15) is 4.79 Å². The van der Waals surface area contributed by atoms with Crippen molar-refractivity contribution in [1.29, 1.82) is 0 Å². The number of ether oxygens (including phenoxy) is 1. The number of amides is 1. The average Bonchev–Trinajstić information content (AvgIpc) is 2.87. The molecule has 1 aromatic heterocycles. The summed E-state index contributed by atoms with van der Waals surface area (Å²) in [5, 5.41) is 12.2. The molecule has 0 spiro atoms. The Balaban J connectivity index is 2.16. The summed E-state index contributed by atoms with van der Waals surface area (Å²) in [7, 11) is 0. The first kappa shape index (κ1) is 15.4. The van der Waals surface area contributed by atoms with Crippen LogP contribution in [0.3, 0.4) is 0 Å². The summed E-state index contributed by atoms with van der Waals surface area (Å²) >= 11 is 1.39. The molecule has 0 saturated heterocycles. The van der Waals surface area contributed by atoms with E-state index >= 15 is 0 Å². The van der Waals surface area contributed by atoms with Crippen LogP contribution >= 0.6 is 11.3 Å². The van der Waals surface area contributed by atoms with Crippen molar-refractivity contribution in [2.75, 3.05) is 5.32 Å². The summed E-state index contributed by atoms with van der Waals surface area (Å²) in [5.41, 5.74) is 0.493. The number of hydrogen-bond donors (Lipinski definition) is 1. The molecule has 1 amide bonds. The number of carbonyl (C=O) groups is 1. The SMILES string of the molecule is CC(C)Oc1ccccc1C(=O)Nc1nnc(C(C)C)s1. The maximum Gasteiger partial charge on any atom is 0.261 e. The second-order valence-corrected chi connectivity index (χ2v) is 6.23. The molecule has 0 fully saturated rings. The Labute approximate surface area is 128 Å². The number of benzene rings is 1. The third kappa shape index (κ3) is 4.01. The van der Waals surface area contributed by atoms with Crippen molar-refractivity contribution in [1.82, 2.24) is 10.2 Å². The topological polar surface area (TPSA) is 64.1 Å². The van der Waals surface area contributed by atoms with Crippen LogP contribution in [-0.4, -0.2) is 22.2 Å². The minimum Gasteiger partial charge on any atom is -0.490 e. The van der Waals surface area contributed by atoms with Crippen LogP contribution in [0.15, 0.2) is 24.3 Å². The molecule has 1 N–H and O–H groups in total. The molecular weight excluding hydrogens is 286 g/mol. The van der Waals surface area contributed by atoms with Gasteiger partial charge in [-0.1, -0.05) is 37.3 Å². The van der Waals surface area contributed by atoms with E-state index in [0.29, 0.717) is 22.4 Å². The molecule has 2 aromatic rings. The van der Waals surface area contributed by atoms with Gasteiger partial charge >= 0.3 is 0 Å². The van der Waals surface area contributed by atoms with Gasteiger partial charge < -0.3 is 4.74 Å². The Bertz CT molecular complexity index is 623. The van der Waals surface area contributed by atoms with Gasteiger partial charge in [-0.2, -0.15) is 0 Å². The Morgan fingerprint density at radius 3 is 2.52 bits per heavy atom. The summed E-state index contributed by atoms with van der Waals surface area (Å²) in [4.78, 5) is 12.3. The Hall–Kier alpha value is -1.95. The number of carbonyl (C=O) groups excluding carboxylic acids is 1. The molecule has 0 aliphatic carbocycles. The minimum atomic E-state index is -0.238. The van der Waals surface area contributed by atoms with Crippen LogP contribution < -0.4 is 10.1 Å². The second-order valence-electron chi connectivity index (χ2n) is 5.22. The predicted octanol–water partition coefficient (Wildman–Crippen LogP) is 3.70. The number of anilines is 1. The van der Waals surface area contributed by atoms with Gasteiger partial charge in [-0.15, -0.1) is 10.2 Å². The van der Waals surface area contributed by atoms with Crippen LogP contribution in [0.1, 0.15) is 49.0 Å².